The minimum Gasteiger partial charge on any atom is -0.323 e. The first-order chi connectivity index (χ1) is 15.1. The molecule has 2 aromatic heterocycles. The van der Waals surface area contributed by atoms with Crippen molar-refractivity contribution in [2.45, 2.75) is 5.03 Å². The molecule has 0 saturated heterocycles. The Morgan fingerprint density at radius 2 is 1.87 bits per heavy atom. The Labute approximate surface area is 186 Å². The van der Waals surface area contributed by atoms with E-state index in [4.69, 9.17) is 11.6 Å². The number of hydrogen-bond acceptors (Lipinski definition) is 6. The zero-order chi connectivity index (χ0) is 21.4. The van der Waals surface area contributed by atoms with Crippen molar-refractivity contribution in [1.82, 2.24) is 19.7 Å². The summed E-state index contributed by atoms with van der Waals surface area (Å²) in [6.07, 6.45) is 3.10. The van der Waals surface area contributed by atoms with Crippen LogP contribution in [0, 0.1) is 0 Å². The van der Waals surface area contributed by atoms with Gasteiger partial charge in [0, 0.05) is 0 Å². The van der Waals surface area contributed by atoms with Gasteiger partial charge in [-0.3, -0.25) is 9.59 Å². The van der Waals surface area contributed by atoms with E-state index < -0.39 is 0 Å². The highest BCUT2D eigenvalue weighted by Gasteiger charge is 2.26. The normalized spacial score (nSPS) is 13.2. The molecule has 4 aromatic rings. The lowest BCUT2D eigenvalue weighted by atomic mass is 10.2. The number of carbonyl (C=O) groups is 2. The zero-order valence-electron chi connectivity index (χ0n) is 16.0. The first-order valence-electron chi connectivity index (χ1n) is 9.37. The molecule has 8 nitrogen and oxygen atoms in total. The van der Waals surface area contributed by atoms with E-state index in [0.29, 0.717) is 32.8 Å². The molecular formula is C21H15ClN6O2S. The van der Waals surface area contributed by atoms with Crippen molar-refractivity contribution in [2.24, 2.45) is 0 Å². The van der Waals surface area contributed by atoms with Crippen molar-refractivity contribution in [1.29, 1.82) is 0 Å². The minimum atomic E-state index is -0.220. The van der Waals surface area contributed by atoms with Gasteiger partial charge in [0.15, 0.2) is 5.65 Å². The highest BCUT2D eigenvalue weighted by atomic mass is 35.5. The molecule has 0 saturated carbocycles. The second-order valence-electron chi connectivity index (χ2n) is 6.76. The van der Waals surface area contributed by atoms with Crippen molar-refractivity contribution in [2.75, 3.05) is 22.5 Å². The van der Waals surface area contributed by atoms with E-state index in [0.717, 1.165) is 5.39 Å². The van der Waals surface area contributed by atoms with Crippen LogP contribution < -0.4 is 10.2 Å². The van der Waals surface area contributed by atoms with E-state index in [1.54, 1.807) is 23.0 Å². The summed E-state index contributed by atoms with van der Waals surface area (Å²) >= 11 is 7.59. The van der Waals surface area contributed by atoms with Gasteiger partial charge in [-0.15, -0.1) is 0 Å². The summed E-state index contributed by atoms with van der Waals surface area (Å²) in [7, 11) is 0. The summed E-state index contributed by atoms with van der Waals surface area (Å²) in [5.41, 5.74) is 2.62. The highest BCUT2D eigenvalue weighted by Crippen LogP contribution is 2.31. The van der Waals surface area contributed by atoms with Gasteiger partial charge >= 0.3 is 0 Å². The first-order valence-corrected chi connectivity index (χ1v) is 10.7. The summed E-state index contributed by atoms with van der Waals surface area (Å²) in [5, 5.41) is 9.10. The first kappa shape index (κ1) is 19.5. The quantitative estimate of drug-likeness (QED) is 0.377. The number of halogens is 1. The van der Waals surface area contributed by atoms with Crippen LogP contribution in [-0.2, 0) is 9.59 Å². The van der Waals surface area contributed by atoms with Crippen LogP contribution in [0.4, 0.5) is 11.4 Å². The number of para-hydroxylation sites is 3. The fourth-order valence-electron chi connectivity index (χ4n) is 3.40. The van der Waals surface area contributed by atoms with E-state index in [2.05, 4.69) is 20.4 Å². The Kier molecular flexibility index (Phi) is 5.05. The number of nitrogens with one attached hydrogen (secondary N) is 1. The van der Waals surface area contributed by atoms with E-state index in [9.17, 15) is 9.59 Å². The van der Waals surface area contributed by atoms with Gasteiger partial charge < -0.3 is 10.2 Å². The summed E-state index contributed by atoms with van der Waals surface area (Å²) in [6, 6.07) is 14.6. The van der Waals surface area contributed by atoms with E-state index in [1.165, 1.54) is 23.0 Å². The van der Waals surface area contributed by atoms with Crippen LogP contribution in [0.2, 0.25) is 5.02 Å². The monoisotopic (exact) mass is 450 g/mol. The molecule has 0 unspecified atom stereocenters. The molecule has 0 fully saturated rings. The molecular weight excluding hydrogens is 436 g/mol. The van der Waals surface area contributed by atoms with Crippen molar-refractivity contribution in [3.05, 3.63) is 66.1 Å². The predicted molar refractivity (Wildman–Crippen MR) is 120 cm³/mol. The van der Waals surface area contributed by atoms with Gasteiger partial charge in [0.1, 0.15) is 17.9 Å². The SMILES string of the molecule is O=C1CN(C(=O)CSc2ncnc3c2cnn3-c2ccccc2Cl)c2ccccc2N1. The largest absolute Gasteiger partial charge is 0.323 e. The molecule has 10 heteroatoms. The maximum Gasteiger partial charge on any atom is 0.244 e. The second kappa shape index (κ2) is 8.01. The number of amides is 2. The van der Waals surface area contributed by atoms with Crippen LogP contribution in [0.15, 0.2) is 66.1 Å². The zero-order valence-corrected chi connectivity index (χ0v) is 17.6. The third kappa shape index (κ3) is 3.62. The lowest BCUT2D eigenvalue weighted by molar-refractivity contribution is -0.120. The lowest BCUT2D eigenvalue weighted by Crippen LogP contribution is -2.43. The number of benzene rings is 2. The van der Waals surface area contributed by atoms with Crippen LogP contribution in [-0.4, -0.2) is 43.9 Å². The molecule has 2 aromatic carbocycles. The number of carbonyl (C=O) groups excluding carboxylic acids is 2. The van der Waals surface area contributed by atoms with Crippen LogP contribution in [0.5, 0.6) is 0 Å². The van der Waals surface area contributed by atoms with Crippen LogP contribution in [0.3, 0.4) is 0 Å². The second-order valence-corrected chi connectivity index (χ2v) is 8.13. The number of nitrogens with zero attached hydrogens (tertiary/aromatic N) is 5. The molecule has 31 heavy (non-hydrogen) atoms. The third-order valence-electron chi connectivity index (χ3n) is 4.81. The van der Waals surface area contributed by atoms with Gasteiger partial charge in [-0.25, -0.2) is 14.6 Å². The Balaban J connectivity index is 1.40. The smallest absolute Gasteiger partial charge is 0.244 e. The Hall–Kier alpha value is -3.43. The summed E-state index contributed by atoms with van der Waals surface area (Å²) in [6.45, 7) is -0.0139. The van der Waals surface area contributed by atoms with Gasteiger partial charge in [-0.1, -0.05) is 47.6 Å². The lowest BCUT2D eigenvalue weighted by Gasteiger charge is -2.29. The van der Waals surface area contributed by atoms with E-state index in [-0.39, 0.29) is 24.1 Å². The molecule has 1 N–H and O–H groups in total. The molecule has 154 valence electrons. The fourth-order valence-corrected chi connectivity index (χ4v) is 4.45. The molecule has 0 atom stereocenters. The Morgan fingerprint density at radius 3 is 2.71 bits per heavy atom. The number of aromatic nitrogens is 4. The molecule has 0 spiro atoms. The van der Waals surface area contributed by atoms with Crippen molar-refractivity contribution < 1.29 is 9.59 Å². The highest BCUT2D eigenvalue weighted by molar-refractivity contribution is 8.00. The Bertz CT molecular complexity index is 1320. The predicted octanol–water partition coefficient (Wildman–Crippen LogP) is 3.55. The number of rotatable bonds is 4. The molecule has 0 bridgehead atoms. The van der Waals surface area contributed by atoms with Gasteiger partial charge in [0.2, 0.25) is 11.8 Å². The molecule has 1 aliphatic rings. The molecule has 0 radical (unpaired) electrons. The average molecular weight is 451 g/mol. The van der Waals surface area contributed by atoms with Crippen molar-refractivity contribution in [3.63, 3.8) is 0 Å². The van der Waals surface area contributed by atoms with E-state index >= 15 is 0 Å². The van der Waals surface area contributed by atoms with Gasteiger partial charge in [-0.2, -0.15) is 5.10 Å². The van der Waals surface area contributed by atoms with Crippen LogP contribution >= 0.6 is 23.4 Å². The summed E-state index contributed by atoms with van der Waals surface area (Å²) in [5.74, 6) is -0.287. The standard InChI is InChI=1S/C21H15ClN6O2S/c22-14-5-1-3-7-16(14)28-20-13(9-25-28)21(24-12-23-20)31-11-19(30)27-10-18(29)26-15-6-2-4-8-17(15)27/h1-9,12H,10-11H2,(H,26,29). The maximum absolute atomic E-state index is 12.9. The Morgan fingerprint density at radius 1 is 1.10 bits per heavy atom. The molecule has 0 aliphatic carbocycles. The fraction of sp³-hybridized carbons (Fsp3) is 0.0952. The molecule has 1 aliphatic heterocycles. The molecule has 2 amide bonds. The summed E-state index contributed by atoms with van der Waals surface area (Å²) < 4.78 is 1.65. The van der Waals surface area contributed by atoms with Crippen molar-refractivity contribution >= 4 is 57.6 Å². The number of fused-ring (bicyclic) bond motifs is 2. The molecule has 3 heterocycles. The number of thioether (sulfide) groups is 1. The molecule has 5 rings (SSSR count). The van der Waals surface area contributed by atoms with E-state index in [1.807, 2.05) is 36.4 Å². The van der Waals surface area contributed by atoms with Gasteiger partial charge in [-0.05, 0) is 24.3 Å². The van der Waals surface area contributed by atoms with Crippen LogP contribution in [0.25, 0.3) is 16.7 Å². The minimum absolute atomic E-state index is 0.0139. The van der Waals surface area contributed by atoms with Crippen LogP contribution in [0.1, 0.15) is 0 Å². The third-order valence-corrected chi connectivity index (χ3v) is 6.12. The number of hydrogen-bond donors (Lipinski definition) is 1. The summed E-state index contributed by atoms with van der Waals surface area (Å²) in [4.78, 5) is 35.1. The maximum atomic E-state index is 12.9. The van der Waals surface area contributed by atoms with Crippen molar-refractivity contribution in [3.8, 4) is 5.69 Å². The number of anilines is 2. The van der Waals surface area contributed by atoms with Gasteiger partial charge in [0.25, 0.3) is 0 Å². The average Bonchev–Trinajstić information content (AvgIpc) is 3.21. The topological polar surface area (TPSA) is 93.0 Å². The van der Waals surface area contributed by atoms with Gasteiger partial charge in [0.05, 0.1) is 39.4 Å².